The van der Waals surface area contributed by atoms with Crippen LogP contribution in [0.25, 0.3) is 0 Å². The fourth-order valence-electron chi connectivity index (χ4n) is 2.26. The molecule has 0 aromatic rings. The minimum atomic E-state index is -0.446. The summed E-state index contributed by atoms with van der Waals surface area (Å²) >= 11 is 0. The van der Waals surface area contributed by atoms with E-state index in [9.17, 15) is 9.59 Å². The van der Waals surface area contributed by atoms with E-state index in [0.717, 1.165) is 19.5 Å². The highest BCUT2D eigenvalue weighted by Gasteiger charge is 2.25. The molecular formula is C15H28N2O3. The van der Waals surface area contributed by atoms with Crippen LogP contribution in [0.5, 0.6) is 0 Å². The minimum Gasteiger partial charge on any atom is -0.379 e. The molecule has 3 atom stereocenters. The maximum absolute atomic E-state index is 12.1. The molecule has 1 aliphatic heterocycles. The molecule has 0 spiro atoms. The lowest BCUT2D eigenvalue weighted by molar-refractivity contribution is -0.129. The third kappa shape index (κ3) is 5.31. The molecule has 1 rings (SSSR count). The second-order valence-corrected chi connectivity index (χ2v) is 5.84. The molecule has 2 N–H and O–H groups in total. The normalized spacial score (nSPS) is 21.2. The Kier molecular flexibility index (Phi) is 7.34. The highest BCUT2D eigenvalue weighted by Crippen LogP contribution is 2.13. The van der Waals surface area contributed by atoms with Crippen molar-refractivity contribution in [2.75, 3.05) is 32.8 Å². The Balaban J connectivity index is 2.38. The van der Waals surface area contributed by atoms with Gasteiger partial charge in [-0.25, -0.2) is 0 Å². The van der Waals surface area contributed by atoms with Gasteiger partial charge in [0.2, 0.25) is 0 Å². The lowest BCUT2D eigenvalue weighted by Gasteiger charge is -2.27. The summed E-state index contributed by atoms with van der Waals surface area (Å²) in [4.78, 5) is 26.3. The van der Waals surface area contributed by atoms with Crippen LogP contribution in [-0.4, -0.2) is 55.4 Å². The zero-order valence-corrected chi connectivity index (χ0v) is 12.9. The zero-order chi connectivity index (χ0) is 15.1. The first-order chi connectivity index (χ1) is 9.45. The van der Waals surface area contributed by atoms with Gasteiger partial charge in [0.05, 0.1) is 25.8 Å². The second kappa shape index (κ2) is 8.49. The number of ketones is 2. The van der Waals surface area contributed by atoms with E-state index < -0.39 is 6.04 Å². The second-order valence-electron chi connectivity index (χ2n) is 5.84. The average Bonchev–Trinajstić information content (AvgIpc) is 2.46. The Hall–Kier alpha value is -0.780. The monoisotopic (exact) mass is 284 g/mol. The first-order valence-electron chi connectivity index (χ1n) is 7.56. The van der Waals surface area contributed by atoms with Crippen LogP contribution in [0.3, 0.4) is 0 Å². The van der Waals surface area contributed by atoms with Crippen LogP contribution in [0, 0.1) is 11.8 Å². The van der Waals surface area contributed by atoms with E-state index in [1.807, 2.05) is 20.8 Å². The topological polar surface area (TPSA) is 72.6 Å². The zero-order valence-electron chi connectivity index (χ0n) is 12.9. The number of nitrogens with zero attached hydrogens (tertiary/aromatic N) is 1. The summed E-state index contributed by atoms with van der Waals surface area (Å²) < 4.78 is 5.25. The molecule has 0 saturated carbocycles. The number of ether oxygens (including phenoxy) is 1. The van der Waals surface area contributed by atoms with Crippen molar-refractivity contribution in [3.63, 3.8) is 0 Å². The Labute approximate surface area is 121 Å². The molecule has 116 valence electrons. The largest absolute Gasteiger partial charge is 0.379 e. The average molecular weight is 284 g/mol. The predicted octanol–water partition coefficient (Wildman–Crippen LogP) is 0.856. The summed E-state index contributed by atoms with van der Waals surface area (Å²) in [6.07, 6.45) is 1.14. The Morgan fingerprint density at radius 1 is 1.20 bits per heavy atom. The van der Waals surface area contributed by atoms with Gasteiger partial charge in [0.25, 0.3) is 0 Å². The van der Waals surface area contributed by atoms with Crippen molar-refractivity contribution in [2.45, 2.75) is 39.7 Å². The highest BCUT2D eigenvalue weighted by molar-refractivity contribution is 5.91. The lowest BCUT2D eigenvalue weighted by atomic mass is 9.90. The molecule has 5 heteroatoms. The quantitative estimate of drug-likeness (QED) is 0.715. The summed E-state index contributed by atoms with van der Waals surface area (Å²) in [6.45, 7) is 9.17. The van der Waals surface area contributed by atoms with Crippen molar-refractivity contribution >= 4 is 11.6 Å². The summed E-state index contributed by atoms with van der Waals surface area (Å²) in [5.41, 5.74) is 5.92. The van der Waals surface area contributed by atoms with Crippen molar-refractivity contribution in [1.29, 1.82) is 0 Å². The van der Waals surface area contributed by atoms with Crippen LogP contribution >= 0.6 is 0 Å². The van der Waals surface area contributed by atoms with Crippen molar-refractivity contribution in [2.24, 2.45) is 17.6 Å². The number of hydrogen-bond donors (Lipinski definition) is 1. The van der Waals surface area contributed by atoms with Crippen molar-refractivity contribution in [1.82, 2.24) is 4.90 Å². The molecular weight excluding hydrogens is 256 g/mol. The van der Waals surface area contributed by atoms with Gasteiger partial charge >= 0.3 is 0 Å². The maximum Gasteiger partial charge on any atom is 0.150 e. The van der Waals surface area contributed by atoms with E-state index in [0.29, 0.717) is 19.8 Å². The van der Waals surface area contributed by atoms with E-state index in [2.05, 4.69) is 4.90 Å². The molecule has 0 aliphatic carbocycles. The Morgan fingerprint density at radius 3 is 2.35 bits per heavy atom. The third-order valence-electron chi connectivity index (χ3n) is 4.17. The first kappa shape index (κ1) is 17.3. The van der Waals surface area contributed by atoms with Crippen LogP contribution in [-0.2, 0) is 14.3 Å². The number of carbonyl (C=O) groups is 2. The summed E-state index contributed by atoms with van der Waals surface area (Å²) in [5, 5.41) is 0. The smallest absolute Gasteiger partial charge is 0.150 e. The molecule has 20 heavy (non-hydrogen) atoms. The van der Waals surface area contributed by atoms with Crippen molar-refractivity contribution in [3.8, 4) is 0 Å². The molecule has 1 heterocycles. The van der Waals surface area contributed by atoms with Crippen molar-refractivity contribution in [3.05, 3.63) is 0 Å². The van der Waals surface area contributed by atoms with Gasteiger partial charge < -0.3 is 10.5 Å². The van der Waals surface area contributed by atoms with Crippen LogP contribution in [0.2, 0.25) is 0 Å². The number of carbonyl (C=O) groups excluding carboxylic acids is 2. The highest BCUT2D eigenvalue weighted by atomic mass is 16.5. The standard InChI is InChI=1S/C15H28N2O3/c1-4-11(2)15(16)13(18)9-12(3)14(19)10-17-5-7-20-8-6-17/h11-12,15H,4-10,16H2,1-3H3. The molecule has 1 fully saturated rings. The van der Waals surface area contributed by atoms with E-state index >= 15 is 0 Å². The van der Waals surface area contributed by atoms with Crippen LogP contribution in [0.15, 0.2) is 0 Å². The number of rotatable bonds is 8. The molecule has 0 aromatic heterocycles. The fraction of sp³-hybridized carbons (Fsp3) is 0.867. The van der Waals surface area contributed by atoms with Gasteiger partial charge in [-0.05, 0) is 5.92 Å². The van der Waals surface area contributed by atoms with Crippen LogP contribution in [0.4, 0.5) is 0 Å². The molecule has 5 nitrogen and oxygen atoms in total. The van der Waals surface area contributed by atoms with Gasteiger partial charge in [-0.15, -0.1) is 0 Å². The third-order valence-corrected chi connectivity index (χ3v) is 4.17. The molecule has 0 bridgehead atoms. The van der Waals surface area contributed by atoms with Gasteiger partial charge in [0, 0.05) is 25.4 Å². The van der Waals surface area contributed by atoms with E-state index in [-0.39, 0.29) is 29.8 Å². The SMILES string of the molecule is CCC(C)C(N)C(=O)CC(C)C(=O)CN1CCOCC1. The van der Waals surface area contributed by atoms with E-state index in [1.165, 1.54) is 0 Å². The lowest BCUT2D eigenvalue weighted by Crippen LogP contribution is -2.42. The molecule has 3 unspecified atom stereocenters. The van der Waals surface area contributed by atoms with Crippen LogP contribution in [0.1, 0.15) is 33.6 Å². The maximum atomic E-state index is 12.1. The number of hydrogen-bond acceptors (Lipinski definition) is 5. The van der Waals surface area contributed by atoms with Gasteiger partial charge in [0.15, 0.2) is 5.78 Å². The van der Waals surface area contributed by atoms with Crippen molar-refractivity contribution < 1.29 is 14.3 Å². The van der Waals surface area contributed by atoms with Gasteiger partial charge in [-0.2, -0.15) is 0 Å². The predicted molar refractivity (Wildman–Crippen MR) is 78.5 cm³/mol. The number of nitrogens with two attached hydrogens (primary N) is 1. The molecule has 1 aliphatic rings. The first-order valence-corrected chi connectivity index (χ1v) is 7.56. The van der Waals surface area contributed by atoms with Gasteiger partial charge in [-0.3, -0.25) is 14.5 Å². The van der Waals surface area contributed by atoms with E-state index in [1.54, 1.807) is 0 Å². The Morgan fingerprint density at radius 2 is 1.80 bits per heavy atom. The minimum absolute atomic E-state index is 0.00202. The van der Waals surface area contributed by atoms with Gasteiger partial charge in [0.1, 0.15) is 5.78 Å². The molecule has 0 radical (unpaired) electrons. The summed E-state index contributed by atoms with van der Waals surface area (Å²) in [7, 11) is 0. The molecule has 0 amide bonds. The summed E-state index contributed by atoms with van der Waals surface area (Å²) in [6, 6.07) is -0.446. The Bertz CT molecular complexity index is 327. The summed E-state index contributed by atoms with van der Waals surface area (Å²) in [5.74, 6) is 0.0447. The van der Waals surface area contributed by atoms with Gasteiger partial charge in [-0.1, -0.05) is 27.2 Å². The van der Waals surface area contributed by atoms with Crippen LogP contribution < -0.4 is 5.73 Å². The molecule has 1 saturated heterocycles. The number of Topliss-reactive ketones (excluding diaryl/α,β-unsaturated/α-hetero) is 2. The molecule has 0 aromatic carbocycles. The van der Waals surface area contributed by atoms with E-state index in [4.69, 9.17) is 10.5 Å². The number of morpholine rings is 1. The fourth-order valence-corrected chi connectivity index (χ4v) is 2.26.